The molecule has 5 heteroatoms. The molecule has 17 heavy (non-hydrogen) atoms. The number of hydrogen-bond donors (Lipinski definition) is 2. The Morgan fingerprint density at radius 2 is 2.35 bits per heavy atom. The quantitative estimate of drug-likeness (QED) is 0.795. The van der Waals surface area contributed by atoms with E-state index in [0.717, 1.165) is 5.56 Å². The number of phenolic OH excluding ortho intramolecular Hbond substituents is 1. The van der Waals surface area contributed by atoms with Gasteiger partial charge in [0.05, 0.1) is 13.2 Å². The summed E-state index contributed by atoms with van der Waals surface area (Å²) in [5, 5.41) is 20.5. The van der Waals surface area contributed by atoms with Crippen molar-refractivity contribution in [3.8, 4) is 17.6 Å². The lowest BCUT2D eigenvalue weighted by molar-refractivity contribution is -0.120. The van der Waals surface area contributed by atoms with E-state index in [-0.39, 0.29) is 18.1 Å². The van der Waals surface area contributed by atoms with Crippen LogP contribution in [0.25, 0.3) is 0 Å². The molecule has 0 bridgehead atoms. The van der Waals surface area contributed by atoms with Crippen molar-refractivity contribution in [1.29, 1.82) is 5.26 Å². The van der Waals surface area contributed by atoms with E-state index in [9.17, 15) is 9.90 Å². The number of carbonyl (C=O) groups excluding carboxylic acids is 1. The third kappa shape index (κ3) is 4.03. The van der Waals surface area contributed by atoms with Crippen LogP contribution in [-0.2, 0) is 11.2 Å². The molecule has 1 aromatic carbocycles. The van der Waals surface area contributed by atoms with E-state index in [2.05, 4.69) is 5.32 Å². The molecular formula is C12H14N2O3. The number of nitrogens with zero attached hydrogens (tertiary/aromatic N) is 1. The molecule has 1 amide bonds. The van der Waals surface area contributed by atoms with Crippen LogP contribution < -0.4 is 10.1 Å². The summed E-state index contributed by atoms with van der Waals surface area (Å²) in [5.41, 5.74) is 0.725. The number of aromatic hydroxyl groups is 1. The first-order chi connectivity index (χ1) is 8.17. The lowest BCUT2D eigenvalue weighted by atomic mass is 10.1. The van der Waals surface area contributed by atoms with Crippen LogP contribution in [0.5, 0.6) is 11.5 Å². The second-order valence-electron chi connectivity index (χ2n) is 3.43. The highest BCUT2D eigenvalue weighted by Gasteiger charge is 2.04. The van der Waals surface area contributed by atoms with Crippen LogP contribution >= 0.6 is 0 Å². The molecule has 0 spiro atoms. The SMILES string of the molecule is COc1ccc(CCNC(=O)CC#N)c(O)c1. The molecule has 0 aliphatic carbocycles. The summed E-state index contributed by atoms with van der Waals surface area (Å²) in [4.78, 5) is 11.0. The Balaban J connectivity index is 2.47. The fraction of sp³-hybridized carbons (Fsp3) is 0.333. The molecule has 1 rings (SSSR count). The van der Waals surface area contributed by atoms with Gasteiger partial charge < -0.3 is 15.2 Å². The number of phenols is 1. The van der Waals surface area contributed by atoms with Crippen LogP contribution in [0.15, 0.2) is 18.2 Å². The third-order valence-electron chi connectivity index (χ3n) is 2.25. The van der Waals surface area contributed by atoms with Crippen molar-refractivity contribution < 1.29 is 14.6 Å². The van der Waals surface area contributed by atoms with Gasteiger partial charge in [-0.3, -0.25) is 4.79 Å². The largest absolute Gasteiger partial charge is 0.508 e. The van der Waals surface area contributed by atoms with Gasteiger partial charge in [-0.05, 0) is 18.1 Å². The number of amides is 1. The minimum atomic E-state index is -0.305. The fourth-order valence-corrected chi connectivity index (χ4v) is 1.35. The smallest absolute Gasteiger partial charge is 0.234 e. The summed E-state index contributed by atoms with van der Waals surface area (Å²) in [6.45, 7) is 0.389. The van der Waals surface area contributed by atoms with Crippen molar-refractivity contribution >= 4 is 5.91 Å². The Kier molecular flexibility index (Phi) is 4.82. The molecule has 0 aliphatic heterocycles. The second kappa shape index (κ2) is 6.38. The van der Waals surface area contributed by atoms with Gasteiger partial charge >= 0.3 is 0 Å². The fourth-order valence-electron chi connectivity index (χ4n) is 1.35. The van der Waals surface area contributed by atoms with Gasteiger partial charge in [0, 0.05) is 12.6 Å². The minimum absolute atomic E-state index is 0.138. The Morgan fingerprint density at radius 3 is 2.94 bits per heavy atom. The molecule has 2 N–H and O–H groups in total. The molecular weight excluding hydrogens is 220 g/mol. The zero-order valence-electron chi connectivity index (χ0n) is 9.56. The van der Waals surface area contributed by atoms with Crippen LogP contribution in [0, 0.1) is 11.3 Å². The molecule has 0 unspecified atom stereocenters. The number of rotatable bonds is 5. The maximum Gasteiger partial charge on any atom is 0.234 e. The average molecular weight is 234 g/mol. The van der Waals surface area contributed by atoms with Crippen LogP contribution in [-0.4, -0.2) is 24.7 Å². The molecule has 0 aliphatic rings. The number of nitriles is 1. The van der Waals surface area contributed by atoms with Crippen molar-refractivity contribution in [2.75, 3.05) is 13.7 Å². The second-order valence-corrected chi connectivity index (χ2v) is 3.43. The van der Waals surface area contributed by atoms with Gasteiger partial charge in [0.15, 0.2) is 0 Å². The standard InChI is InChI=1S/C12H14N2O3/c1-17-10-3-2-9(11(15)8-10)5-7-14-12(16)4-6-13/h2-3,8,15H,4-5,7H2,1H3,(H,14,16). The number of nitrogens with one attached hydrogen (secondary N) is 1. The van der Waals surface area contributed by atoms with Crippen LogP contribution in [0.4, 0.5) is 0 Å². The van der Waals surface area contributed by atoms with Gasteiger partial charge in [0.2, 0.25) is 5.91 Å². The number of carbonyl (C=O) groups is 1. The predicted octanol–water partition coefficient (Wildman–Crippen LogP) is 0.973. The van der Waals surface area contributed by atoms with Crippen LogP contribution in [0.2, 0.25) is 0 Å². The molecule has 0 saturated heterocycles. The van der Waals surface area contributed by atoms with Gasteiger partial charge in [-0.1, -0.05) is 6.07 Å². The van der Waals surface area contributed by atoms with Crippen molar-refractivity contribution in [3.63, 3.8) is 0 Å². The van der Waals surface area contributed by atoms with Gasteiger partial charge in [0.1, 0.15) is 17.9 Å². The van der Waals surface area contributed by atoms with Crippen LogP contribution in [0.3, 0.4) is 0 Å². The first kappa shape index (κ1) is 12.8. The van der Waals surface area contributed by atoms with Crippen LogP contribution in [0.1, 0.15) is 12.0 Å². The van der Waals surface area contributed by atoms with E-state index in [1.165, 1.54) is 13.2 Å². The number of benzene rings is 1. The Hall–Kier alpha value is -2.22. The number of methoxy groups -OCH3 is 1. The molecule has 0 radical (unpaired) electrons. The topological polar surface area (TPSA) is 82.3 Å². The first-order valence-corrected chi connectivity index (χ1v) is 5.17. The highest BCUT2D eigenvalue weighted by molar-refractivity contribution is 5.77. The Bertz CT molecular complexity index is 438. The maximum absolute atomic E-state index is 11.0. The van der Waals surface area contributed by atoms with Crippen molar-refractivity contribution in [3.05, 3.63) is 23.8 Å². The lowest BCUT2D eigenvalue weighted by Crippen LogP contribution is -2.24. The van der Waals surface area contributed by atoms with Gasteiger partial charge in [-0.2, -0.15) is 5.26 Å². The molecule has 0 fully saturated rings. The molecule has 0 heterocycles. The lowest BCUT2D eigenvalue weighted by Gasteiger charge is -2.07. The monoisotopic (exact) mass is 234 g/mol. The summed E-state index contributed by atoms with van der Waals surface area (Å²) in [7, 11) is 1.52. The number of ether oxygens (including phenoxy) is 1. The number of hydrogen-bond acceptors (Lipinski definition) is 4. The van der Waals surface area contributed by atoms with E-state index in [0.29, 0.717) is 18.7 Å². The summed E-state index contributed by atoms with van der Waals surface area (Å²) >= 11 is 0. The molecule has 5 nitrogen and oxygen atoms in total. The molecule has 1 aromatic rings. The van der Waals surface area contributed by atoms with E-state index in [1.54, 1.807) is 18.2 Å². The molecule has 0 saturated carbocycles. The van der Waals surface area contributed by atoms with Gasteiger partial charge in [0.25, 0.3) is 0 Å². The summed E-state index contributed by atoms with van der Waals surface area (Å²) in [6, 6.07) is 6.77. The minimum Gasteiger partial charge on any atom is -0.508 e. The van der Waals surface area contributed by atoms with Gasteiger partial charge in [-0.15, -0.1) is 0 Å². The summed E-state index contributed by atoms with van der Waals surface area (Å²) < 4.78 is 4.96. The first-order valence-electron chi connectivity index (χ1n) is 5.17. The Labute approximate surface area is 99.6 Å². The third-order valence-corrected chi connectivity index (χ3v) is 2.25. The van der Waals surface area contributed by atoms with Gasteiger partial charge in [-0.25, -0.2) is 0 Å². The zero-order valence-corrected chi connectivity index (χ0v) is 9.56. The predicted molar refractivity (Wildman–Crippen MR) is 61.6 cm³/mol. The van der Waals surface area contributed by atoms with Crippen molar-refractivity contribution in [2.24, 2.45) is 0 Å². The average Bonchev–Trinajstić information content (AvgIpc) is 2.31. The van der Waals surface area contributed by atoms with E-state index >= 15 is 0 Å². The van der Waals surface area contributed by atoms with Crippen molar-refractivity contribution in [2.45, 2.75) is 12.8 Å². The Morgan fingerprint density at radius 1 is 1.59 bits per heavy atom. The highest BCUT2D eigenvalue weighted by atomic mass is 16.5. The molecule has 90 valence electrons. The molecule has 0 atom stereocenters. The van der Waals surface area contributed by atoms with Crippen molar-refractivity contribution in [1.82, 2.24) is 5.32 Å². The maximum atomic E-state index is 11.0. The normalized spacial score (nSPS) is 9.41. The van der Waals surface area contributed by atoms with E-state index < -0.39 is 0 Å². The van der Waals surface area contributed by atoms with E-state index in [1.807, 2.05) is 0 Å². The molecule has 0 aromatic heterocycles. The summed E-state index contributed by atoms with van der Waals surface area (Å²) in [6.07, 6.45) is 0.363. The summed E-state index contributed by atoms with van der Waals surface area (Å²) in [5.74, 6) is 0.416. The highest BCUT2D eigenvalue weighted by Crippen LogP contribution is 2.23. The van der Waals surface area contributed by atoms with E-state index in [4.69, 9.17) is 10.00 Å². The zero-order chi connectivity index (χ0) is 12.7.